The number of aliphatic hydroxyl groups is 1. The summed E-state index contributed by atoms with van der Waals surface area (Å²) in [6.45, 7) is 5.36. The van der Waals surface area contributed by atoms with E-state index >= 15 is 0 Å². The summed E-state index contributed by atoms with van der Waals surface area (Å²) in [5, 5.41) is 9.89. The maximum atomic E-state index is 11.7. The lowest BCUT2D eigenvalue weighted by Gasteiger charge is -2.25. The maximum Gasteiger partial charge on any atom is 0.335 e. The zero-order valence-electron chi connectivity index (χ0n) is 12.1. The van der Waals surface area contributed by atoms with E-state index in [1.165, 1.54) is 6.42 Å². The lowest BCUT2D eigenvalue weighted by Crippen LogP contribution is -2.32. The zero-order chi connectivity index (χ0) is 15.0. The Labute approximate surface area is 119 Å². The van der Waals surface area contributed by atoms with E-state index in [1.54, 1.807) is 6.92 Å². The molecule has 1 saturated carbocycles. The molecule has 0 aromatic heterocycles. The van der Waals surface area contributed by atoms with Crippen molar-refractivity contribution in [3.8, 4) is 0 Å². The Hall–Kier alpha value is -1.36. The highest BCUT2D eigenvalue weighted by Crippen LogP contribution is 2.26. The van der Waals surface area contributed by atoms with Crippen LogP contribution in [0.15, 0.2) is 12.2 Å². The van der Waals surface area contributed by atoms with Gasteiger partial charge in [0.15, 0.2) is 6.10 Å². The second-order valence-corrected chi connectivity index (χ2v) is 5.28. The van der Waals surface area contributed by atoms with Crippen LogP contribution in [0.5, 0.6) is 0 Å². The summed E-state index contributed by atoms with van der Waals surface area (Å²) in [4.78, 5) is 22.7. The molecule has 0 saturated heterocycles. The van der Waals surface area contributed by atoms with E-state index in [9.17, 15) is 14.7 Å². The monoisotopic (exact) mass is 284 g/mol. The molecule has 1 fully saturated rings. The van der Waals surface area contributed by atoms with Crippen molar-refractivity contribution < 1.29 is 24.2 Å². The molecule has 5 nitrogen and oxygen atoms in total. The van der Waals surface area contributed by atoms with Crippen LogP contribution in [-0.2, 0) is 19.1 Å². The molecule has 0 aromatic rings. The highest BCUT2D eigenvalue weighted by Gasteiger charge is 2.28. The molecule has 5 heteroatoms. The van der Waals surface area contributed by atoms with E-state index in [1.807, 2.05) is 0 Å². The van der Waals surface area contributed by atoms with Crippen LogP contribution < -0.4 is 0 Å². The van der Waals surface area contributed by atoms with Crippen molar-refractivity contribution in [2.24, 2.45) is 5.92 Å². The minimum absolute atomic E-state index is 0.0255. The van der Waals surface area contributed by atoms with Gasteiger partial charge in [0.2, 0.25) is 0 Å². The van der Waals surface area contributed by atoms with E-state index in [0.717, 1.165) is 25.7 Å². The first kappa shape index (κ1) is 16.7. The normalized spacial score (nSPS) is 17.3. The summed E-state index contributed by atoms with van der Waals surface area (Å²) >= 11 is 0. The van der Waals surface area contributed by atoms with Crippen molar-refractivity contribution in [3.05, 3.63) is 12.2 Å². The highest BCUT2D eigenvalue weighted by atomic mass is 16.6. The molecule has 1 unspecified atom stereocenters. The van der Waals surface area contributed by atoms with Gasteiger partial charge >= 0.3 is 11.9 Å². The molecule has 1 aliphatic rings. The Kier molecular flexibility index (Phi) is 7.30. The maximum absolute atomic E-state index is 11.7. The van der Waals surface area contributed by atoms with Crippen molar-refractivity contribution in [3.63, 3.8) is 0 Å². The minimum Gasteiger partial charge on any atom is -0.464 e. The van der Waals surface area contributed by atoms with Gasteiger partial charge in [-0.05, 0) is 25.7 Å². The predicted molar refractivity (Wildman–Crippen MR) is 73.9 cm³/mol. The molecule has 1 atom stereocenters. The first-order valence-electron chi connectivity index (χ1n) is 7.19. The van der Waals surface area contributed by atoms with E-state index < -0.39 is 18.0 Å². The van der Waals surface area contributed by atoms with Crippen molar-refractivity contribution >= 4 is 11.9 Å². The van der Waals surface area contributed by atoms with Gasteiger partial charge in [0, 0.05) is 12.0 Å². The molecule has 1 N–H and O–H groups in total. The smallest absolute Gasteiger partial charge is 0.335 e. The van der Waals surface area contributed by atoms with Gasteiger partial charge in [0.25, 0.3) is 0 Å². The van der Waals surface area contributed by atoms with Crippen LogP contribution in [0.4, 0.5) is 0 Å². The minimum atomic E-state index is -1.02. The molecule has 0 radical (unpaired) electrons. The first-order valence-corrected chi connectivity index (χ1v) is 7.19. The summed E-state index contributed by atoms with van der Waals surface area (Å²) in [7, 11) is 0. The molecular formula is C15H24O5. The molecule has 0 amide bonds. The lowest BCUT2D eigenvalue weighted by atomic mass is 9.85. The van der Waals surface area contributed by atoms with Crippen LogP contribution >= 0.6 is 0 Å². The molecule has 0 aromatic carbocycles. The number of esters is 2. The second-order valence-electron chi connectivity index (χ2n) is 5.28. The SMILES string of the molecule is C=C(C)C(=O)OCCCOC(=O)C(O)C1CCCCC1. The Bertz CT molecular complexity index is 344. The average Bonchev–Trinajstić information content (AvgIpc) is 2.46. The summed E-state index contributed by atoms with van der Waals surface area (Å²) in [6.07, 6.45) is 4.46. The molecule has 1 aliphatic carbocycles. The fourth-order valence-electron chi connectivity index (χ4n) is 2.25. The van der Waals surface area contributed by atoms with Crippen LogP contribution in [0.3, 0.4) is 0 Å². The van der Waals surface area contributed by atoms with E-state index in [-0.39, 0.29) is 19.1 Å². The third-order valence-electron chi connectivity index (χ3n) is 3.45. The number of hydrogen-bond donors (Lipinski definition) is 1. The lowest BCUT2D eigenvalue weighted by molar-refractivity contribution is -0.157. The molecule has 114 valence electrons. The van der Waals surface area contributed by atoms with Crippen molar-refractivity contribution in [2.45, 2.75) is 51.6 Å². The second kappa shape index (κ2) is 8.74. The van der Waals surface area contributed by atoms with E-state index in [4.69, 9.17) is 9.47 Å². The molecular weight excluding hydrogens is 260 g/mol. The number of carbonyl (C=O) groups excluding carboxylic acids is 2. The van der Waals surface area contributed by atoms with Gasteiger partial charge in [-0.3, -0.25) is 0 Å². The van der Waals surface area contributed by atoms with E-state index in [0.29, 0.717) is 12.0 Å². The quantitative estimate of drug-likeness (QED) is 0.439. The predicted octanol–water partition coefficient (Wildman–Crippen LogP) is 1.98. The van der Waals surface area contributed by atoms with Gasteiger partial charge in [0.1, 0.15) is 0 Å². The van der Waals surface area contributed by atoms with Gasteiger partial charge in [-0.1, -0.05) is 25.8 Å². The largest absolute Gasteiger partial charge is 0.464 e. The average molecular weight is 284 g/mol. The standard InChI is InChI=1S/C15H24O5/c1-11(2)14(17)19-9-6-10-20-15(18)13(16)12-7-4-3-5-8-12/h12-13,16H,1,3-10H2,2H3. The van der Waals surface area contributed by atoms with Crippen LogP contribution in [0.25, 0.3) is 0 Å². The molecule has 0 aliphatic heterocycles. The Balaban J connectivity index is 2.13. The summed E-state index contributed by atoms with van der Waals surface area (Å²) in [6, 6.07) is 0. The first-order chi connectivity index (χ1) is 9.52. The van der Waals surface area contributed by atoms with Gasteiger partial charge in [0.05, 0.1) is 13.2 Å². The topological polar surface area (TPSA) is 72.8 Å². The molecule has 0 spiro atoms. The van der Waals surface area contributed by atoms with Gasteiger partial charge in [-0.25, -0.2) is 9.59 Å². The van der Waals surface area contributed by atoms with Crippen LogP contribution in [0, 0.1) is 5.92 Å². The molecule has 0 heterocycles. The third kappa shape index (κ3) is 5.74. The highest BCUT2D eigenvalue weighted by molar-refractivity contribution is 5.86. The summed E-state index contributed by atoms with van der Waals surface area (Å²) in [5.74, 6) is -0.987. The summed E-state index contributed by atoms with van der Waals surface area (Å²) < 4.78 is 9.87. The van der Waals surface area contributed by atoms with Crippen molar-refractivity contribution in [1.29, 1.82) is 0 Å². The Morgan fingerprint density at radius 1 is 1.20 bits per heavy atom. The van der Waals surface area contributed by atoms with Crippen LogP contribution in [-0.4, -0.2) is 36.4 Å². The zero-order valence-corrected chi connectivity index (χ0v) is 12.1. The molecule has 1 rings (SSSR count). The van der Waals surface area contributed by atoms with Crippen molar-refractivity contribution in [1.82, 2.24) is 0 Å². The molecule has 0 bridgehead atoms. The van der Waals surface area contributed by atoms with Gasteiger partial charge in [-0.2, -0.15) is 0 Å². The number of aliphatic hydroxyl groups excluding tert-OH is 1. The fraction of sp³-hybridized carbons (Fsp3) is 0.733. The van der Waals surface area contributed by atoms with Crippen LogP contribution in [0.2, 0.25) is 0 Å². The van der Waals surface area contributed by atoms with Crippen LogP contribution in [0.1, 0.15) is 45.4 Å². The fourth-order valence-corrected chi connectivity index (χ4v) is 2.25. The number of hydrogen-bond acceptors (Lipinski definition) is 5. The third-order valence-corrected chi connectivity index (χ3v) is 3.45. The number of rotatable bonds is 7. The number of ether oxygens (including phenoxy) is 2. The van der Waals surface area contributed by atoms with Gasteiger partial charge < -0.3 is 14.6 Å². The van der Waals surface area contributed by atoms with Gasteiger partial charge in [-0.15, -0.1) is 0 Å². The molecule has 20 heavy (non-hydrogen) atoms. The van der Waals surface area contributed by atoms with Crippen molar-refractivity contribution in [2.75, 3.05) is 13.2 Å². The summed E-state index contributed by atoms with van der Waals surface area (Å²) in [5.41, 5.74) is 0.342. The van der Waals surface area contributed by atoms with E-state index in [2.05, 4.69) is 6.58 Å². The Morgan fingerprint density at radius 3 is 2.40 bits per heavy atom. The number of carbonyl (C=O) groups is 2. The Morgan fingerprint density at radius 2 is 1.80 bits per heavy atom.